The summed E-state index contributed by atoms with van der Waals surface area (Å²) in [5, 5.41) is 32.0. The number of aliphatic hydroxyl groups is 2. The van der Waals surface area contributed by atoms with E-state index in [9.17, 15) is 9.90 Å². The molecule has 0 heterocycles. The largest absolute Gasteiger partial charge is 0.860 e. The van der Waals surface area contributed by atoms with Crippen molar-refractivity contribution in [3.8, 4) is 0 Å². The predicted octanol–water partition coefficient (Wildman–Crippen LogP) is -3.12. The van der Waals surface area contributed by atoms with Gasteiger partial charge in [-0.15, -0.1) is 0 Å². The Morgan fingerprint density at radius 2 is 1.77 bits per heavy atom. The van der Waals surface area contributed by atoms with Crippen LogP contribution in [-0.2, 0) is 4.79 Å². The lowest BCUT2D eigenvalue weighted by Crippen LogP contribution is -2.30. The summed E-state index contributed by atoms with van der Waals surface area (Å²) >= 11 is 0. The Hall–Kier alpha value is -1.27. The van der Waals surface area contributed by atoms with Crippen LogP contribution in [0.3, 0.4) is 0 Å². The molecule has 0 rings (SSSR count). The first-order valence-electron chi connectivity index (χ1n) is 3.83. The van der Waals surface area contributed by atoms with Crippen LogP contribution >= 0.6 is 0 Å². The molecular formula is C7H13N2O4-. The zero-order valence-corrected chi connectivity index (χ0v) is 7.12. The van der Waals surface area contributed by atoms with Crippen LogP contribution in [0.4, 0.5) is 0 Å². The van der Waals surface area contributed by atoms with Gasteiger partial charge in [-0.1, -0.05) is 0 Å². The monoisotopic (exact) mass is 189 g/mol. The van der Waals surface area contributed by atoms with E-state index in [0.29, 0.717) is 0 Å². The average Bonchev–Trinajstić information content (AvgIpc) is 2.11. The van der Waals surface area contributed by atoms with E-state index < -0.39 is 11.8 Å². The number of rotatable bonds is 6. The van der Waals surface area contributed by atoms with Gasteiger partial charge in [0.1, 0.15) is 0 Å². The number of hydrogen-bond acceptors (Lipinski definition) is 5. The molecule has 6 nitrogen and oxygen atoms in total. The quantitative estimate of drug-likeness (QED) is 0.261. The molecule has 0 saturated carbocycles. The molecule has 76 valence electrons. The van der Waals surface area contributed by atoms with Crippen molar-refractivity contribution in [2.24, 2.45) is 0 Å². The summed E-state index contributed by atoms with van der Waals surface area (Å²) in [5.74, 6) is -1.13. The fourth-order valence-corrected chi connectivity index (χ4v) is 0.579. The topological polar surface area (TPSA) is 105 Å². The molecule has 0 aromatic heterocycles. The summed E-state index contributed by atoms with van der Waals surface area (Å²) in [6.45, 7) is -0.110. The minimum Gasteiger partial charge on any atom is -0.860 e. The molecule has 0 aliphatic carbocycles. The first-order chi connectivity index (χ1) is 6.20. The summed E-state index contributed by atoms with van der Waals surface area (Å²) in [6, 6.07) is 0. The molecule has 0 aromatic rings. The van der Waals surface area contributed by atoms with Gasteiger partial charge in [0.15, 0.2) is 0 Å². The number of hydrogen-bond donors (Lipinski definition) is 4. The number of amides is 1. The van der Waals surface area contributed by atoms with Crippen LogP contribution in [0.1, 0.15) is 0 Å². The van der Waals surface area contributed by atoms with Gasteiger partial charge in [-0.3, -0.25) is 4.79 Å². The summed E-state index contributed by atoms with van der Waals surface area (Å²) < 4.78 is 0. The van der Waals surface area contributed by atoms with Crippen molar-refractivity contribution >= 4 is 5.91 Å². The minimum atomic E-state index is -0.565. The highest BCUT2D eigenvalue weighted by Crippen LogP contribution is 1.76. The first kappa shape index (κ1) is 11.7. The fraction of sp³-hybridized carbons (Fsp3) is 0.571. The van der Waals surface area contributed by atoms with E-state index in [0.717, 1.165) is 6.08 Å². The van der Waals surface area contributed by atoms with Crippen molar-refractivity contribution in [1.82, 2.24) is 10.6 Å². The normalized spacial score (nSPS) is 11.1. The standard InChI is InChI=1S/C7H14N2O4/c10-3-1-8-6(12)5-7(13)9-2-4-11/h5,8,10-12H,1-4H2,(H,9,13)/p-1/b6-5-. The molecule has 4 N–H and O–H groups in total. The highest BCUT2D eigenvalue weighted by Gasteiger charge is 1.92. The third-order valence-electron chi connectivity index (χ3n) is 1.08. The lowest BCUT2D eigenvalue weighted by Gasteiger charge is -2.13. The summed E-state index contributed by atoms with van der Waals surface area (Å²) in [6.07, 6.45) is 0.825. The van der Waals surface area contributed by atoms with Crippen LogP contribution in [-0.4, -0.2) is 42.4 Å². The van der Waals surface area contributed by atoms with Crippen molar-refractivity contribution in [3.63, 3.8) is 0 Å². The molecule has 0 unspecified atom stereocenters. The number of nitrogens with one attached hydrogen (secondary N) is 2. The summed E-state index contributed by atoms with van der Waals surface area (Å²) in [4.78, 5) is 10.8. The van der Waals surface area contributed by atoms with E-state index in [2.05, 4.69) is 10.6 Å². The predicted molar refractivity (Wildman–Crippen MR) is 43.3 cm³/mol. The van der Waals surface area contributed by atoms with Crippen LogP contribution in [0.25, 0.3) is 0 Å². The minimum absolute atomic E-state index is 0.114. The van der Waals surface area contributed by atoms with Gasteiger partial charge in [-0.05, 0) is 5.88 Å². The Labute approximate surface area is 75.9 Å². The second-order valence-corrected chi connectivity index (χ2v) is 2.17. The summed E-state index contributed by atoms with van der Waals surface area (Å²) in [7, 11) is 0. The van der Waals surface area contributed by atoms with E-state index >= 15 is 0 Å². The van der Waals surface area contributed by atoms with Crippen LogP contribution in [0.2, 0.25) is 0 Å². The lowest BCUT2D eigenvalue weighted by atomic mass is 10.5. The Kier molecular flexibility index (Phi) is 6.66. The Morgan fingerprint density at radius 3 is 2.31 bits per heavy atom. The molecule has 1 amide bonds. The molecule has 6 heteroatoms. The number of carbonyl (C=O) groups is 1. The third kappa shape index (κ3) is 7.10. The second-order valence-electron chi connectivity index (χ2n) is 2.17. The molecule has 13 heavy (non-hydrogen) atoms. The summed E-state index contributed by atoms with van der Waals surface area (Å²) in [5.41, 5.74) is 0. The second kappa shape index (κ2) is 7.38. The fourth-order valence-electron chi connectivity index (χ4n) is 0.579. The SMILES string of the molecule is O=C(/C=C(\[O-])NCCO)NCCO. The van der Waals surface area contributed by atoms with E-state index in [1.165, 1.54) is 0 Å². The van der Waals surface area contributed by atoms with Gasteiger partial charge in [-0.2, -0.15) is 0 Å². The van der Waals surface area contributed by atoms with Crippen molar-refractivity contribution in [2.45, 2.75) is 0 Å². The average molecular weight is 189 g/mol. The molecule has 0 atom stereocenters. The molecule has 0 fully saturated rings. The van der Waals surface area contributed by atoms with Gasteiger partial charge in [0, 0.05) is 19.2 Å². The molecule has 0 aliphatic rings. The molecule has 0 saturated heterocycles. The van der Waals surface area contributed by atoms with Crippen molar-refractivity contribution in [1.29, 1.82) is 0 Å². The molecule has 0 aromatic carbocycles. The number of carbonyl (C=O) groups excluding carboxylic acids is 1. The first-order valence-corrected chi connectivity index (χ1v) is 3.83. The smallest absolute Gasteiger partial charge is 0.244 e. The maximum absolute atomic E-state index is 10.8. The van der Waals surface area contributed by atoms with Crippen LogP contribution in [0.15, 0.2) is 12.0 Å². The molecular weight excluding hydrogens is 176 g/mol. The highest BCUT2D eigenvalue weighted by molar-refractivity contribution is 5.87. The van der Waals surface area contributed by atoms with Crippen molar-refractivity contribution in [3.05, 3.63) is 12.0 Å². The Morgan fingerprint density at radius 1 is 1.23 bits per heavy atom. The van der Waals surface area contributed by atoms with Gasteiger partial charge in [-0.25, -0.2) is 0 Å². The third-order valence-corrected chi connectivity index (χ3v) is 1.08. The van der Waals surface area contributed by atoms with Gasteiger partial charge in [0.25, 0.3) is 0 Å². The van der Waals surface area contributed by atoms with Gasteiger partial charge < -0.3 is 26.0 Å². The van der Waals surface area contributed by atoms with Crippen LogP contribution in [0.5, 0.6) is 0 Å². The maximum atomic E-state index is 10.8. The van der Waals surface area contributed by atoms with E-state index in [-0.39, 0.29) is 26.3 Å². The van der Waals surface area contributed by atoms with Crippen molar-refractivity contribution in [2.75, 3.05) is 26.3 Å². The van der Waals surface area contributed by atoms with Crippen molar-refractivity contribution < 1.29 is 20.1 Å². The number of aliphatic hydroxyl groups excluding tert-OH is 2. The maximum Gasteiger partial charge on any atom is 0.244 e. The van der Waals surface area contributed by atoms with E-state index in [1.54, 1.807) is 0 Å². The Bertz CT molecular complexity index is 181. The van der Waals surface area contributed by atoms with E-state index in [4.69, 9.17) is 10.2 Å². The van der Waals surface area contributed by atoms with Gasteiger partial charge in [0.05, 0.1) is 13.2 Å². The van der Waals surface area contributed by atoms with Gasteiger partial charge in [0.2, 0.25) is 5.91 Å². The zero-order chi connectivity index (χ0) is 10.1. The molecule has 0 aliphatic heterocycles. The van der Waals surface area contributed by atoms with Gasteiger partial charge >= 0.3 is 0 Å². The van der Waals surface area contributed by atoms with Crippen LogP contribution < -0.4 is 15.7 Å². The zero-order valence-electron chi connectivity index (χ0n) is 7.12. The molecule has 0 radical (unpaired) electrons. The molecule has 0 bridgehead atoms. The van der Waals surface area contributed by atoms with Crippen LogP contribution in [0, 0.1) is 0 Å². The lowest BCUT2D eigenvalue weighted by molar-refractivity contribution is -0.311. The Balaban J connectivity index is 3.70. The van der Waals surface area contributed by atoms with E-state index in [1.807, 2.05) is 0 Å². The highest BCUT2D eigenvalue weighted by atomic mass is 16.3. The molecule has 0 spiro atoms.